The average Bonchev–Trinajstić information content (AvgIpc) is 3.61. The Bertz CT molecular complexity index is 3140. The largest absolute Gasteiger partial charge is 0.456 e. The summed E-state index contributed by atoms with van der Waals surface area (Å²) in [7, 11) is 0. The van der Waals surface area contributed by atoms with Gasteiger partial charge in [-0.2, -0.15) is 0 Å². The van der Waals surface area contributed by atoms with Gasteiger partial charge in [0.15, 0.2) is 0 Å². The number of rotatable bonds is 3. The number of fused-ring (bicyclic) bond motifs is 9. The Balaban J connectivity index is 1.32. The number of para-hydroxylation sites is 2. The second-order valence-electron chi connectivity index (χ2n) is 20.6. The first kappa shape index (κ1) is 38.0. The number of benzene rings is 7. The van der Waals surface area contributed by atoms with E-state index in [-0.39, 0.29) is 23.0 Å². The van der Waals surface area contributed by atoms with Crippen molar-refractivity contribution in [3.63, 3.8) is 0 Å². The molecule has 0 saturated carbocycles. The van der Waals surface area contributed by atoms with Crippen LogP contribution in [0, 0.1) is 20.8 Å². The van der Waals surface area contributed by atoms with E-state index in [2.05, 4.69) is 206 Å². The van der Waals surface area contributed by atoms with Crippen LogP contribution in [0.4, 0.5) is 34.1 Å². The number of anilines is 6. The lowest BCUT2D eigenvalue weighted by atomic mass is 9.33. The van der Waals surface area contributed by atoms with Gasteiger partial charge in [0.2, 0.25) is 0 Å². The Labute approximate surface area is 362 Å². The highest BCUT2D eigenvalue weighted by Crippen LogP contribution is 2.53. The van der Waals surface area contributed by atoms with Gasteiger partial charge in [-0.3, -0.25) is 0 Å². The molecule has 3 nitrogen and oxygen atoms in total. The molecule has 4 heteroatoms. The maximum absolute atomic E-state index is 6.70. The molecule has 3 heterocycles. The average molecular weight is 795 g/mol. The van der Waals surface area contributed by atoms with Crippen molar-refractivity contribution in [2.45, 2.75) is 98.3 Å². The van der Waals surface area contributed by atoms with Crippen LogP contribution in [-0.4, -0.2) is 6.71 Å². The smallest absolute Gasteiger partial charge is 0.252 e. The molecule has 0 spiro atoms. The summed E-state index contributed by atoms with van der Waals surface area (Å²) in [5.41, 5.74) is 23.9. The summed E-state index contributed by atoms with van der Waals surface area (Å²) in [6, 6.07) is 48.4. The van der Waals surface area contributed by atoms with E-state index in [1.165, 1.54) is 108 Å². The fourth-order valence-corrected chi connectivity index (χ4v) is 11.1. The minimum Gasteiger partial charge on any atom is -0.456 e. The summed E-state index contributed by atoms with van der Waals surface area (Å²) in [5, 5.41) is 2.30. The molecule has 0 saturated heterocycles. The lowest BCUT2D eigenvalue weighted by molar-refractivity contribution is 0.332. The zero-order valence-corrected chi connectivity index (χ0v) is 37.4. The Morgan fingerprint density at radius 1 is 0.541 bits per heavy atom. The first-order valence-corrected chi connectivity index (χ1v) is 22.3. The van der Waals surface area contributed by atoms with Crippen LogP contribution in [0.15, 0.2) is 132 Å². The number of nitrogens with zero attached hydrogens (tertiary/aromatic N) is 2. The molecule has 0 amide bonds. The summed E-state index contributed by atoms with van der Waals surface area (Å²) in [5.74, 6) is 0. The van der Waals surface area contributed by atoms with E-state index in [9.17, 15) is 0 Å². The molecule has 3 aliphatic rings. The van der Waals surface area contributed by atoms with E-state index < -0.39 is 0 Å². The molecular weight excluding hydrogens is 739 g/mol. The van der Waals surface area contributed by atoms with Crippen LogP contribution in [0.25, 0.3) is 33.1 Å². The highest BCUT2D eigenvalue weighted by molar-refractivity contribution is 7.00. The van der Waals surface area contributed by atoms with Gasteiger partial charge in [0.25, 0.3) is 6.71 Å². The molecule has 0 N–H and O–H groups in total. The molecule has 0 bridgehead atoms. The molecule has 1 aromatic heterocycles. The van der Waals surface area contributed by atoms with Crippen LogP contribution in [-0.2, 0) is 16.2 Å². The van der Waals surface area contributed by atoms with Gasteiger partial charge in [0.1, 0.15) is 11.2 Å². The molecule has 61 heavy (non-hydrogen) atoms. The van der Waals surface area contributed by atoms with Crippen molar-refractivity contribution in [1.29, 1.82) is 0 Å². The quantitative estimate of drug-likeness (QED) is 0.166. The topological polar surface area (TPSA) is 19.6 Å². The van der Waals surface area contributed by atoms with Crippen LogP contribution >= 0.6 is 0 Å². The van der Waals surface area contributed by atoms with Gasteiger partial charge in [0, 0.05) is 33.8 Å². The fraction of sp³-hybridized carbons (Fsp3) is 0.263. The first-order chi connectivity index (χ1) is 29.1. The maximum Gasteiger partial charge on any atom is 0.252 e. The standard InChI is InChI=1S/C57H55BN2O/c1-34-17-11-13-19-39(34)37-30-48-53-49(31-37)60(45-21-15-12-18-35(45)2)54-43(24-26-51-52(54)40-20-14-16-22-50(40)61-51)58(53)44-32-38(55(4,5)6)23-25-46(44)59(48)47-33-42-41(29-36(47)3)56(7,8)27-28-57(42,9)10/h11-26,29-33H,27-28H2,1-10H3. The zero-order valence-electron chi connectivity index (χ0n) is 37.4. The Hall–Kier alpha value is -6.00. The van der Waals surface area contributed by atoms with Crippen LogP contribution in [0.2, 0.25) is 0 Å². The fourth-order valence-electron chi connectivity index (χ4n) is 11.1. The normalized spacial score (nSPS) is 16.1. The molecular formula is C57H55BN2O. The Kier molecular flexibility index (Phi) is 8.10. The van der Waals surface area contributed by atoms with E-state index in [4.69, 9.17) is 4.42 Å². The van der Waals surface area contributed by atoms with Gasteiger partial charge in [-0.25, -0.2) is 0 Å². The number of hydrogen-bond acceptors (Lipinski definition) is 3. The van der Waals surface area contributed by atoms with Crippen molar-refractivity contribution in [2.24, 2.45) is 0 Å². The van der Waals surface area contributed by atoms with Gasteiger partial charge in [0.05, 0.1) is 11.1 Å². The predicted octanol–water partition coefficient (Wildman–Crippen LogP) is 13.9. The molecule has 0 fully saturated rings. The van der Waals surface area contributed by atoms with Crippen molar-refractivity contribution >= 4 is 79.2 Å². The lowest BCUT2D eigenvalue weighted by Crippen LogP contribution is -2.61. The van der Waals surface area contributed by atoms with E-state index in [0.29, 0.717) is 0 Å². The van der Waals surface area contributed by atoms with Gasteiger partial charge < -0.3 is 14.2 Å². The van der Waals surface area contributed by atoms with Crippen LogP contribution in [0.5, 0.6) is 0 Å². The summed E-state index contributed by atoms with van der Waals surface area (Å²) in [4.78, 5) is 5.24. The molecule has 8 aromatic rings. The number of furan rings is 1. The van der Waals surface area contributed by atoms with Crippen LogP contribution < -0.4 is 26.2 Å². The second kappa shape index (κ2) is 13.0. The Morgan fingerprint density at radius 2 is 1.20 bits per heavy atom. The summed E-state index contributed by atoms with van der Waals surface area (Å²) < 4.78 is 6.70. The third kappa shape index (κ3) is 5.57. The molecule has 0 unspecified atom stereocenters. The number of hydrogen-bond donors (Lipinski definition) is 0. The Morgan fingerprint density at radius 3 is 1.92 bits per heavy atom. The van der Waals surface area contributed by atoms with E-state index >= 15 is 0 Å². The minimum absolute atomic E-state index is 0.0221. The molecule has 0 radical (unpaired) electrons. The van der Waals surface area contributed by atoms with E-state index in [0.717, 1.165) is 21.9 Å². The zero-order chi connectivity index (χ0) is 42.3. The third-order valence-electron chi connectivity index (χ3n) is 14.7. The highest BCUT2D eigenvalue weighted by Gasteiger charge is 2.46. The lowest BCUT2D eigenvalue weighted by Gasteiger charge is -2.46. The highest BCUT2D eigenvalue weighted by atomic mass is 16.3. The maximum atomic E-state index is 6.70. The third-order valence-corrected chi connectivity index (χ3v) is 14.7. The summed E-state index contributed by atoms with van der Waals surface area (Å²) in [6.45, 7) is 23.6. The van der Waals surface area contributed by atoms with Gasteiger partial charge in [-0.15, -0.1) is 0 Å². The monoisotopic (exact) mass is 794 g/mol. The van der Waals surface area contributed by atoms with Gasteiger partial charge >= 0.3 is 0 Å². The second-order valence-corrected chi connectivity index (χ2v) is 20.6. The van der Waals surface area contributed by atoms with Crippen molar-refractivity contribution < 1.29 is 4.42 Å². The molecule has 302 valence electrons. The van der Waals surface area contributed by atoms with E-state index in [1.807, 2.05) is 0 Å². The van der Waals surface area contributed by atoms with Crippen molar-refractivity contribution in [3.8, 4) is 11.1 Å². The molecule has 7 aromatic carbocycles. The minimum atomic E-state index is -0.0373. The van der Waals surface area contributed by atoms with Crippen LogP contribution in [0.1, 0.15) is 94.7 Å². The first-order valence-electron chi connectivity index (χ1n) is 22.3. The molecule has 0 atom stereocenters. The molecule has 1 aliphatic carbocycles. The molecule has 11 rings (SSSR count). The SMILES string of the molecule is Cc1ccccc1-c1cc2c3c(c1)N(c1ccccc1C)c1c(ccc4oc5ccccc5c14)B3c1cc(C(C)(C)C)ccc1N2c1cc2c(cc1C)C(C)(C)CCC2(C)C. The van der Waals surface area contributed by atoms with E-state index in [1.54, 1.807) is 0 Å². The summed E-state index contributed by atoms with van der Waals surface area (Å²) >= 11 is 0. The van der Waals surface area contributed by atoms with Crippen molar-refractivity contribution in [3.05, 3.63) is 161 Å². The number of aryl methyl sites for hydroxylation is 3. The van der Waals surface area contributed by atoms with Gasteiger partial charge in [-0.05, 0) is 153 Å². The summed E-state index contributed by atoms with van der Waals surface area (Å²) in [6.07, 6.45) is 2.36. The molecule has 2 aliphatic heterocycles. The van der Waals surface area contributed by atoms with Crippen LogP contribution in [0.3, 0.4) is 0 Å². The van der Waals surface area contributed by atoms with Crippen molar-refractivity contribution in [2.75, 3.05) is 9.80 Å². The van der Waals surface area contributed by atoms with Crippen molar-refractivity contribution in [1.82, 2.24) is 0 Å². The van der Waals surface area contributed by atoms with Gasteiger partial charge in [-0.1, -0.05) is 133 Å². The predicted molar refractivity (Wildman–Crippen MR) is 261 cm³/mol.